The topological polar surface area (TPSA) is 0 Å². The smallest absolute Gasteiger partial charge is 0.129 e. The van der Waals surface area contributed by atoms with Crippen LogP contribution in [0.3, 0.4) is 0 Å². The first-order valence-electron chi connectivity index (χ1n) is 6.57. The van der Waals surface area contributed by atoms with Gasteiger partial charge in [-0.1, -0.05) is 25.6 Å². The second-order valence-electron chi connectivity index (χ2n) is 5.95. The van der Waals surface area contributed by atoms with Crippen molar-refractivity contribution in [1.82, 2.24) is 0 Å². The van der Waals surface area contributed by atoms with Crippen molar-refractivity contribution in [3.63, 3.8) is 0 Å². The van der Waals surface area contributed by atoms with Gasteiger partial charge in [0.25, 0.3) is 0 Å². The van der Waals surface area contributed by atoms with Crippen molar-refractivity contribution in [1.29, 1.82) is 0 Å². The number of thiophene rings is 1. The molecule has 3 aromatic rings. The van der Waals surface area contributed by atoms with E-state index in [-0.39, 0.29) is 0 Å². The van der Waals surface area contributed by atoms with Crippen LogP contribution in [0.15, 0.2) is 36.4 Å². The summed E-state index contributed by atoms with van der Waals surface area (Å²) in [5.74, 6) is 3.36. The molecular formula is C17H15ISSi. The van der Waals surface area contributed by atoms with E-state index < -0.39 is 8.07 Å². The van der Waals surface area contributed by atoms with Crippen LogP contribution in [0.1, 0.15) is 5.56 Å². The molecule has 2 aromatic carbocycles. The molecule has 0 saturated heterocycles. The number of rotatable bonds is 0. The first-order chi connectivity index (χ1) is 9.42. The third-order valence-corrected chi connectivity index (χ3v) is 5.71. The molecule has 0 fully saturated rings. The average Bonchev–Trinajstić information content (AvgIpc) is 2.73. The molecule has 3 heteroatoms. The van der Waals surface area contributed by atoms with Gasteiger partial charge in [-0.3, -0.25) is 0 Å². The molecule has 0 aliphatic heterocycles. The molecule has 20 heavy (non-hydrogen) atoms. The minimum Gasteiger partial charge on any atom is -0.135 e. The molecule has 0 saturated carbocycles. The van der Waals surface area contributed by atoms with Crippen LogP contribution in [0.25, 0.3) is 20.2 Å². The third kappa shape index (κ3) is 2.92. The van der Waals surface area contributed by atoms with E-state index in [0.29, 0.717) is 0 Å². The summed E-state index contributed by atoms with van der Waals surface area (Å²) in [6.45, 7) is 6.84. The molecule has 0 aliphatic rings. The number of halogens is 1. The minimum absolute atomic E-state index is 1.14. The Labute approximate surface area is 138 Å². The molecule has 0 aliphatic carbocycles. The number of hydrogen-bond acceptors (Lipinski definition) is 1. The zero-order valence-electron chi connectivity index (χ0n) is 11.8. The number of hydrogen-bond donors (Lipinski definition) is 0. The van der Waals surface area contributed by atoms with Crippen molar-refractivity contribution in [2.75, 3.05) is 0 Å². The van der Waals surface area contributed by atoms with Gasteiger partial charge in [0.1, 0.15) is 8.07 Å². The van der Waals surface area contributed by atoms with E-state index in [2.05, 4.69) is 90.1 Å². The van der Waals surface area contributed by atoms with E-state index in [1.54, 1.807) is 0 Å². The van der Waals surface area contributed by atoms with Gasteiger partial charge in [0.05, 0.1) is 0 Å². The van der Waals surface area contributed by atoms with Gasteiger partial charge in [-0.2, -0.15) is 0 Å². The van der Waals surface area contributed by atoms with Crippen molar-refractivity contribution in [2.24, 2.45) is 0 Å². The fourth-order valence-electron chi connectivity index (χ4n) is 2.09. The van der Waals surface area contributed by atoms with E-state index in [4.69, 9.17) is 0 Å². The Balaban J connectivity index is 2.21. The molecule has 0 amide bonds. The van der Waals surface area contributed by atoms with E-state index in [1.807, 2.05) is 11.3 Å². The van der Waals surface area contributed by atoms with Crippen LogP contribution in [0.4, 0.5) is 0 Å². The second-order valence-corrected chi connectivity index (χ2v) is 13.0. The van der Waals surface area contributed by atoms with Crippen LogP contribution in [0, 0.1) is 15.0 Å². The second kappa shape index (κ2) is 5.17. The van der Waals surface area contributed by atoms with Crippen molar-refractivity contribution < 1.29 is 0 Å². The zero-order valence-corrected chi connectivity index (χ0v) is 15.7. The van der Waals surface area contributed by atoms with E-state index >= 15 is 0 Å². The SMILES string of the molecule is C[Si](C)(C)C#Cc1ccc2sc3ccc(I)cc3c2c1. The standard InChI is InChI=1S/C17H15ISSi/c1-20(2,3)9-8-12-4-6-16-14(10-12)15-11-13(18)5-7-17(15)19-16/h4-7,10-11H,1-3H3. The average molecular weight is 406 g/mol. The molecule has 0 radical (unpaired) electrons. The maximum atomic E-state index is 3.45. The highest BCUT2D eigenvalue weighted by molar-refractivity contribution is 14.1. The van der Waals surface area contributed by atoms with Crippen molar-refractivity contribution in [3.8, 4) is 11.5 Å². The van der Waals surface area contributed by atoms with Crippen molar-refractivity contribution >= 4 is 62.2 Å². The Kier molecular flexibility index (Phi) is 3.65. The first-order valence-corrected chi connectivity index (χ1v) is 12.0. The maximum Gasteiger partial charge on any atom is 0.129 e. The van der Waals surface area contributed by atoms with Gasteiger partial charge in [-0.05, 0) is 59.0 Å². The summed E-state index contributed by atoms with van der Waals surface area (Å²) >= 11 is 4.24. The lowest BCUT2D eigenvalue weighted by Crippen LogP contribution is -2.16. The van der Waals surface area contributed by atoms with Gasteiger partial charge >= 0.3 is 0 Å². The van der Waals surface area contributed by atoms with Gasteiger partial charge < -0.3 is 0 Å². The molecule has 0 unspecified atom stereocenters. The molecule has 1 heterocycles. The summed E-state index contributed by atoms with van der Waals surface area (Å²) in [5.41, 5.74) is 4.58. The van der Waals surface area contributed by atoms with Gasteiger partial charge in [0.15, 0.2) is 0 Å². The van der Waals surface area contributed by atoms with E-state index in [9.17, 15) is 0 Å². The first kappa shape index (κ1) is 14.1. The van der Waals surface area contributed by atoms with Crippen LogP contribution in [-0.2, 0) is 0 Å². The molecule has 0 N–H and O–H groups in total. The Hall–Kier alpha value is -0.833. The highest BCUT2D eigenvalue weighted by atomic mass is 127. The van der Waals surface area contributed by atoms with E-state index in [1.165, 1.54) is 23.7 Å². The van der Waals surface area contributed by atoms with E-state index in [0.717, 1.165) is 5.56 Å². The minimum atomic E-state index is -1.31. The highest BCUT2D eigenvalue weighted by Gasteiger charge is 2.08. The normalized spacial score (nSPS) is 11.6. The van der Waals surface area contributed by atoms with Crippen LogP contribution >= 0.6 is 33.9 Å². The quantitative estimate of drug-likeness (QED) is 0.248. The summed E-state index contributed by atoms with van der Waals surface area (Å²) in [6.07, 6.45) is 0. The predicted octanol–water partition coefficient (Wildman–Crippen LogP) is 5.89. The van der Waals surface area contributed by atoms with Crippen LogP contribution < -0.4 is 0 Å². The van der Waals surface area contributed by atoms with Crippen LogP contribution in [0.2, 0.25) is 19.6 Å². The third-order valence-electron chi connectivity index (χ3n) is 3.01. The number of benzene rings is 2. The summed E-state index contributed by atoms with van der Waals surface area (Å²) in [6, 6.07) is 13.3. The maximum absolute atomic E-state index is 3.45. The highest BCUT2D eigenvalue weighted by Crippen LogP contribution is 2.35. The molecule has 1 aromatic heterocycles. The predicted molar refractivity (Wildman–Crippen MR) is 102 cm³/mol. The molecule has 0 spiro atoms. The zero-order chi connectivity index (χ0) is 14.3. The molecule has 100 valence electrons. The monoisotopic (exact) mass is 406 g/mol. The molecule has 3 rings (SSSR count). The summed E-state index contributed by atoms with van der Waals surface area (Å²) < 4.78 is 3.99. The lowest BCUT2D eigenvalue weighted by atomic mass is 10.1. The lowest BCUT2D eigenvalue weighted by molar-refractivity contribution is 1.73. The Morgan fingerprint density at radius 3 is 2.30 bits per heavy atom. The van der Waals surface area contributed by atoms with Crippen molar-refractivity contribution in [3.05, 3.63) is 45.5 Å². The fraction of sp³-hybridized carbons (Fsp3) is 0.176. The van der Waals surface area contributed by atoms with Gasteiger partial charge in [0, 0.05) is 29.3 Å². The van der Waals surface area contributed by atoms with Gasteiger partial charge in [-0.15, -0.1) is 16.9 Å². The molecule has 0 atom stereocenters. The molecule has 0 nitrogen and oxygen atoms in total. The number of fused-ring (bicyclic) bond motifs is 3. The van der Waals surface area contributed by atoms with Gasteiger partial charge in [-0.25, -0.2) is 0 Å². The lowest BCUT2D eigenvalue weighted by Gasteiger charge is -2.03. The summed E-state index contributed by atoms with van der Waals surface area (Å²) in [4.78, 5) is 0. The Morgan fingerprint density at radius 2 is 1.60 bits per heavy atom. The fourth-order valence-corrected chi connectivity index (χ4v) is 4.16. The van der Waals surface area contributed by atoms with Crippen LogP contribution in [0.5, 0.6) is 0 Å². The molecule has 0 bridgehead atoms. The van der Waals surface area contributed by atoms with Crippen molar-refractivity contribution in [2.45, 2.75) is 19.6 Å². The summed E-state index contributed by atoms with van der Waals surface area (Å²) in [5, 5.41) is 2.69. The summed E-state index contributed by atoms with van der Waals surface area (Å²) in [7, 11) is -1.31. The van der Waals surface area contributed by atoms with Crippen LogP contribution in [-0.4, -0.2) is 8.07 Å². The van der Waals surface area contributed by atoms with Gasteiger partial charge in [0.2, 0.25) is 0 Å². The largest absolute Gasteiger partial charge is 0.135 e. The Morgan fingerprint density at radius 1 is 0.950 bits per heavy atom. The molecular weight excluding hydrogens is 391 g/mol. The Bertz CT molecular complexity index is 859.